The highest BCUT2D eigenvalue weighted by Gasteiger charge is 2.28. The van der Waals surface area contributed by atoms with Crippen molar-refractivity contribution in [3.8, 4) is 5.69 Å². The third kappa shape index (κ3) is 3.32. The van der Waals surface area contributed by atoms with Crippen molar-refractivity contribution in [1.29, 1.82) is 0 Å². The molecule has 0 unspecified atom stereocenters. The number of carbonyl (C=O) groups excluding carboxylic acids is 1. The van der Waals surface area contributed by atoms with Gasteiger partial charge in [0.2, 0.25) is 5.91 Å². The lowest BCUT2D eigenvalue weighted by molar-refractivity contribution is -0.121. The van der Waals surface area contributed by atoms with Crippen LogP contribution in [0.5, 0.6) is 0 Å². The first-order valence-electron chi connectivity index (χ1n) is 7.82. The van der Waals surface area contributed by atoms with Crippen LogP contribution in [0.4, 0.5) is 4.39 Å². The molecule has 0 saturated carbocycles. The molecule has 1 aromatic heterocycles. The van der Waals surface area contributed by atoms with Crippen LogP contribution in [0.2, 0.25) is 0 Å². The molecule has 2 N–H and O–H groups in total. The second-order valence-electron chi connectivity index (χ2n) is 5.99. The molecule has 0 bridgehead atoms. The van der Waals surface area contributed by atoms with Crippen molar-refractivity contribution in [2.75, 3.05) is 13.2 Å². The fraction of sp³-hybridized carbons (Fsp3) is 0.412. The Morgan fingerprint density at radius 1 is 1.38 bits per heavy atom. The van der Waals surface area contributed by atoms with Gasteiger partial charge < -0.3 is 15.2 Å². The standard InChI is InChI=1S/C17H20FN3O3/c1-10-14(7-17(23)19-15-8-24-9-16(15)22)11(2)21(20-10)13-5-3-12(18)4-6-13/h3-6,15-16,22H,7-9H2,1-2H3,(H,19,23)/t15-,16-/m1/s1. The number of rotatable bonds is 4. The average molecular weight is 333 g/mol. The van der Waals surface area contributed by atoms with Crippen molar-refractivity contribution in [2.45, 2.75) is 32.4 Å². The molecule has 0 spiro atoms. The number of nitrogens with zero attached hydrogens (tertiary/aromatic N) is 2. The van der Waals surface area contributed by atoms with Gasteiger partial charge in [0.1, 0.15) is 5.82 Å². The number of amides is 1. The Bertz CT molecular complexity index is 742. The number of benzene rings is 1. The van der Waals surface area contributed by atoms with E-state index in [2.05, 4.69) is 10.4 Å². The van der Waals surface area contributed by atoms with Crippen LogP contribution in [0.15, 0.2) is 24.3 Å². The fourth-order valence-corrected chi connectivity index (χ4v) is 2.86. The monoisotopic (exact) mass is 333 g/mol. The summed E-state index contributed by atoms with van der Waals surface area (Å²) in [5.41, 5.74) is 3.14. The molecule has 2 aromatic rings. The van der Waals surface area contributed by atoms with Crippen molar-refractivity contribution < 1.29 is 19.0 Å². The minimum Gasteiger partial charge on any atom is -0.388 e. The maximum Gasteiger partial charge on any atom is 0.224 e. The molecule has 0 radical (unpaired) electrons. The van der Waals surface area contributed by atoms with Gasteiger partial charge in [-0.2, -0.15) is 5.10 Å². The van der Waals surface area contributed by atoms with Gasteiger partial charge in [0.15, 0.2) is 0 Å². The van der Waals surface area contributed by atoms with Gasteiger partial charge in [-0.15, -0.1) is 0 Å². The van der Waals surface area contributed by atoms with Gasteiger partial charge >= 0.3 is 0 Å². The molecule has 1 aliphatic rings. The summed E-state index contributed by atoms with van der Waals surface area (Å²) in [5, 5.41) is 16.9. The number of ether oxygens (including phenoxy) is 1. The largest absolute Gasteiger partial charge is 0.388 e. The van der Waals surface area contributed by atoms with Crippen LogP contribution in [0.1, 0.15) is 17.0 Å². The van der Waals surface area contributed by atoms with Crippen LogP contribution in [0, 0.1) is 19.7 Å². The van der Waals surface area contributed by atoms with Gasteiger partial charge in [-0.05, 0) is 38.1 Å². The average Bonchev–Trinajstić information content (AvgIpc) is 3.06. The summed E-state index contributed by atoms with van der Waals surface area (Å²) in [4.78, 5) is 12.2. The lowest BCUT2D eigenvalue weighted by Crippen LogP contribution is -2.43. The number of aryl methyl sites for hydroxylation is 1. The fourth-order valence-electron chi connectivity index (χ4n) is 2.86. The lowest BCUT2D eigenvalue weighted by atomic mass is 10.1. The number of aliphatic hydroxyl groups is 1. The summed E-state index contributed by atoms with van der Waals surface area (Å²) in [5.74, 6) is -0.494. The zero-order valence-corrected chi connectivity index (χ0v) is 13.6. The minimum atomic E-state index is -0.668. The van der Waals surface area contributed by atoms with E-state index < -0.39 is 6.10 Å². The van der Waals surface area contributed by atoms with E-state index in [1.807, 2.05) is 13.8 Å². The van der Waals surface area contributed by atoms with Crippen LogP contribution in [-0.4, -0.2) is 46.2 Å². The van der Waals surface area contributed by atoms with Crippen molar-refractivity contribution in [2.24, 2.45) is 0 Å². The smallest absolute Gasteiger partial charge is 0.224 e. The molecule has 1 amide bonds. The van der Waals surface area contributed by atoms with Gasteiger partial charge in [0.05, 0.1) is 43.2 Å². The lowest BCUT2D eigenvalue weighted by Gasteiger charge is -2.14. The Labute approximate surface area is 139 Å². The molecule has 24 heavy (non-hydrogen) atoms. The predicted molar refractivity (Wildman–Crippen MR) is 85.5 cm³/mol. The molecule has 2 atom stereocenters. The number of halogens is 1. The summed E-state index contributed by atoms with van der Waals surface area (Å²) in [6, 6.07) is 5.67. The van der Waals surface area contributed by atoms with E-state index in [0.29, 0.717) is 6.61 Å². The molecular weight excluding hydrogens is 313 g/mol. The summed E-state index contributed by atoms with van der Waals surface area (Å²) >= 11 is 0. The Hall–Kier alpha value is -2.25. The van der Waals surface area contributed by atoms with Gasteiger partial charge in [-0.3, -0.25) is 4.79 Å². The number of carbonyl (C=O) groups is 1. The highest BCUT2D eigenvalue weighted by molar-refractivity contribution is 5.79. The zero-order chi connectivity index (χ0) is 17.3. The van der Waals surface area contributed by atoms with E-state index in [9.17, 15) is 14.3 Å². The third-order valence-electron chi connectivity index (χ3n) is 4.25. The Kier molecular flexibility index (Phi) is 4.64. The van der Waals surface area contributed by atoms with Gasteiger partial charge in [0.25, 0.3) is 0 Å². The third-order valence-corrected chi connectivity index (χ3v) is 4.25. The number of aromatic nitrogens is 2. The zero-order valence-electron chi connectivity index (χ0n) is 13.6. The maximum absolute atomic E-state index is 13.1. The van der Waals surface area contributed by atoms with Crippen molar-refractivity contribution in [1.82, 2.24) is 15.1 Å². The van der Waals surface area contributed by atoms with E-state index in [0.717, 1.165) is 22.6 Å². The Morgan fingerprint density at radius 2 is 2.08 bits per heavy atom. The molecule has 1 saturated heterocycles. The van der Waals surface area contributed by atoms with E-state index >= 15 is 0 Å². The topological polar surface area (TPSA) is 76.4 Å². The summed E-state index contributed by atoms with van der Waals surface area (Å²) in [6.45, 7) is 4.27. The normalized spacial score (nSPS) is 20.3. The van der Waals surface area contributed by atoms with E-state index in [-0.39, 0.29) is 30.8 Å². The Morgan fingerprint density at radius 3 is 2.71 bits per heavy atom. The van der Waals surface area contributed by atoms with E-state index in [1.54, 1.807) is 16.8 Å². The quantitative estimate of drug-likeness (QED) is 0.877. The summed E-state index contributed by atoms with van der Waals surface area (Å²) in [7, 11) is 0. The number of hydrogen-bond acceptors (Lipinski definition) is 4. The van der Waals surface area contributed by atoms with Crippen LogP contribution in [0.3, 0.4) is 0 Å². The molecular formula is C17H20FN3O3. The maximum atomic E-state index is 13.1. The van der Waals surface area contributed by atoms with Crippen molar-refractivity contribution >= 4 is 5.91 Å². The Balaban J connectivity index is 1.76. The molecule has 1 aliphatic heterocycles. The molecule has 128 valence electrons. The molecule has 2 heterocycles. The number of nitrogens with one attached hydrogen (secondary N) is 1. The van der Waals surface area contributed by atoms with E-state index in [1.165, 1.54) is 12.1 Å². The first-order valence-corrected chi connectivity index (χ1v) is 7.82. The second kappa shape index (κ2) is 6.70. The van der Waals surface area contributed by atoms with Crippen LogP contribution < -0.4 is 5.32 Å². The van der Waals surface area contributed by atoms with Crippen molar-refractivity contribution in [3.05, 3.63) is 47.0 Å². The molecule has 6 nitrogen and oxygen atoms in total. The highest BCUT2D eigenvalue weighted by Crippen LogP contribution is 2.19. The minimum absolute atomic E-state index is 0.169. The van der Waals surface area contributed by atoms with Crippen LogP contribution in [0.25, 0.3) is 5.69 Å². The molecule has 1 fully saturated rings. The SMILES string of the molecule is Cc1nn(-c2ccc(F)cc2)c(C)c1CC(=O)N[C@@H]1COC[C@H]1O. The second-order valence-corrected chi connectivity index (χ2v) is 5.99. The van der Waals surface area contributed by atoms with Crippen LogP contribution >= 0.6 is 0 Å². The molecule has 0 aliphatic carbocycles. The first-order chi connectivity index (χ1) is 11.5. The predicted octanol–water partition coefficient (Wildman–Crippen LogP) is 1.05. The van der Waals surface area contributed by atoms with Gasteiger partial charge in [-0.25, -0.2) is 9.07 Å². The number of hydrogen-bond donors (Lipinski definition) is 2. The molecule has 7 heteroatoms. The van der Waals surface area contributed by atoms with Crippen LogP contribution in [-0.2, 0) is 16.0 Å². The first kappa shape index (κ1) is 16.6. The van der Waals surface area contributed by atoms with Crippen molar-refractivity contribution in [3.63, 3.8) is 0 Å². The molecule has 3 rings (SSSR count). The summed E-state index contributed by atoms with van der Waals surface area (Å²) in [6.07, 6.45) is -0.500. The van der Waals surface area contributed by atoms with Gasteiger partial charge in [-0.1, -0.05) is 0 Å². The number of aliphatic hydroxyl groups excluding tert-OH is 1. The van der Waals surface area contributed by atoms with E-state index in [4.69, 9.17) is 4.74 Å². The highest BCUT2D eigenvalue weighted by atomic mass is 19.1. The summed E-state index contributed by atoms with van der Waals surface area (Å²) < 4.78 is 19.9. The van der Waals surface area contributed by atoms with Gasteiger partial charge in [0, 0.05) is 11.3 Å². The molecule has 1 aromatic carbocycles.